The maximum atomic E-state index is 3.82. The fraction of sp³-hybridized carbons (Fsp3) is 1.00. The number of unbranched alkanes of at least 4 members (excludes halogenated alkanes) is 2. The van der Waals surface area contributed by atoms with Crippen molar-refractivity contribution in [2.75, 3.05) is 6.54 Å². The van der Waals surface area contributed by atoms with Crippen LogP contribution in [-0.4, -0.2) is 12.0 Å². The van der Waals surface area contributed by atoms with Crippen molar-refractivity contribution in [1.82, 2.24) is 0 Å². The molecule has 0 fully saturated rings. The summed E-state index contributed by atoms with van der Waals surface area (Å²) in [7, 11) is 0. The normalized spacial score (nSPS) is 10.9. The lowest BCUT2D eigenvalue weighted by molar-refractivity contribution is -0.368. The highest BCUT2D eigenvalue weighted by molar-refractivity contribution is 4.60. The minimum atomic E-state index is 0. The molecule has 70 valence electrons. The van der Waals surface area contributed by atoms with Crippen molar-refractivity contribution in [3.05, 3.63) is 0 Å². The zero-order valence-corrected chi connectivity index (χ0v) is 8.19. The third-order valence-electron chi connectivity index (χ3n) is 1.68. The Kier molecular flexibility index (Phi) is 8.13. The largest absolute Gasteiger partial charge is 0.870 e. The van der Waals surface area contributed by atoms with Gasteiger partial charge in [0.2, 0.25) is 0 Å². The fourth-order valence-corrected chi connectivity index (χ4v) is 1.01. The fourth-order valence-electron chi connectivity index (χ4n) is 1.01. The first-order valence-corrected chi connectivity index (χ1v) is 4.35. The predicted molar refractivity (Wildman–Crippen MR) is 47.6 cm³/mol. The first-order chi connectivity index (χ1) is 4.56. The van der Waals surface area contributed by atoms with Crippen molar-refractivity contribution >= 4 is 0 Å². The summed E-state index contributed by atoms with van der Waals surface area (Å²) in [6.45, 7) is 8.01. The van der Waals surface area contributed by atoms with E-state index in [1.54, 1.807) is 0 Å². The van der Waals surface area contributed by atoms with Crippen molar-refractivity contribution in [2.24, 2.45) is 5.41 Å². The van der Waals surface area contributed by atoms with Gasteiger partial charge in [0, 0.05) is 0 Å². The van der Waals surface area contributed by atoms with Gasteiger partial charge in [0.25, 0.3) is 0 Å². The second-order valence-electron chi connectivity index (χ2n) is 4.22. The lowest BCUT2D eigenvalue weighted by Gasteiger charge is -2.16. The molecule has 2 nitrogen and oxygen atoms in total. The van der Waals surface area contributed by atoms with Gasteiger partial charge in [0.15, 0.2) is 0 Å². The molecule has 0 aromatic heterocycles. The third kappa shape index (κ3) is 13.0. The van der Waals surface area contributed by atoms with Gasteiger partial charge in [-0.15, -0.1) is 0 Å². The molecule has 0 rings (SSSR count). The zero-order chi connectivity index (χ0) is 8.04. The van der Waals surface area contributed by atoms with E-state index in [0.29, 0.717) is 5.41 Å². The molecule has 0 aliphatic heterocycles. The average Bonchev–Trinajstić information content (AvgIpc) is 1.78. The Hall–Kier alpha value is -0.0800. The number of hydrogen-bond donors (Lipinski definition) is 1. The van der Waals surface area contributed by atoms with Crippen LogP contribution in [0.3, 0.4) is 0 Å². The van der Waals surface area contributed by atoms with Gasteiger partial charge in [0.05, 0.1) is 6.54 Å². The van der Waals surface area contributed by atoms with Crippen molar-refractivity contribution in [2.45, 2.75) is 46.5 Å². The topological polar surface area (TPSA) is 57.6 Å². The van der Waals surface area contributed by atoms with Crippen LogP contribution in [0.1, 0.15) is 46.5 Å². The van der Waals surface area contributed by atoms with Crippen LogP contribution < -0.4 is 5.73 Å². The van der Waals surface area contributed by atoms with Crippen molar-refractivity contribution in [3.63, 3.8) is 0 Å². The molecule has 0 aliphatic carbocycles. The molecular formula is C9H23NO. The SMILES string of the molecule is CC(C)(C)CCCCC[NH3+].[OH-]. The third-order valence-corrected chi connectivity index (χ3v) is 1.68. The Morgan fingerprint density at radius 2 is 1.55 bits per heavy atom. The first-order valence-electron chi connectivity index (χ1n) is 4.35. The molecule has 0 spiro atoms. The second kappa shape index (κ2) is 6.62. The standard InChI is InChI=1S/C9H21N.H2O/c1-9(2,3)7-5-4-6-8-10;/h4-8,10H2,1-3H3;1H2. The van der Waals surface area contributed by atoms with E-state index in [0.717, 1.165) is 6.54 Å². The molecule has 0 aromatic carbocycles. The van der Waals surface area contributed by atoms with E-state index < -0.39 is 0 Å². The Bertz CT molecular complexity index is 76.1. The number of quaternary nitrogens is 1. The Balaban J connectivity index is 0. The summed E-state index contributed by atoms with van der Waals surface area (Å²) in [5.74, 6) is 0. The highest BCUT2D eigenvalue weighted by atomic mass is 16.0. The summed E-state index contributed by atoms with van der Waals surface area (Å²) in [4.78, 5) is 0. The summed E-state index contributed by atoms with van der Waals surface area (Å²) in [6, 6.07) is 0. The van der Waals surface area contributed by atoms with Gasteiger partial charge in [-0.2, -0.15) is 0 Å². The first kappa shape index (κ1) is 13.5. The molecule has 2 heteroatoms. The molecule has 0 aromatic rings. The molecule has 0 aliphatic rings. The van der Waals surface area contributed by atoms with Crippen LogP contribution >= 0.6 is 0 Å². The Labute approximate surface area is 70.5 Å². The van der Waals surface area contributed by atoms with E-state index >= 15 is 0 Å². The zero-order valence-electron chi connectivity index (χ0n) is 8.19. The summed E-state index contributed by atoms with van der Waals surface area (Å²) in [6.07, 6.45) is 5.39. The molecule has 0 atom stereocenters. The molecule has 0 saturated carbocycles. The van der Waals surface area contributed by atoms with Gasteiger partial charge in [0.1, 0.15) is 0 Å². The lowest BCUT2D eigenvalue weighted by atomic mass is 9.89. The van der Waals surface area contributed by atoms with Crippen molar-refractivity contribution in [1.29, 1.82) is 0 Å². The van der Waals surface area contributed by atoms with Crippen LogP contribution in [0.15, 0.2) is 0 Å². The molecule has 0 heterocycles. The highest BCUT2D eigenvalue weighted by Gasteiger charge is 2.08. The minimum Gasteiger partial charge on any atom is -0.870 e. The van der Waals surface area contributed by atoms with Gasteiger partial charge < -0.3 is 11.2 Å². The van der Waals surface area contributed by atoms with E-state index in [9.17, 15) is 0 Å². The number of rotatable bonds is 4. The van der Waals surface area contributed by atoms with Crippen LogP contribution in [0.25, 0.3) is 0 Å². The van der Waals surface area contributed by atoms with Crippen LogP contribution in [-0.2, 0) is 0 Å². The number of hydrogen-bond acceptors (Lipinski definition) is 1. The Morgan fingerprint density at radius 1 is 1.00 bits per heavy atom. The molecule has 4 N–H and O–H groups in total. The van der Waals surface area contributed by atoms with E-state index in [2.05, 4.69) is 26.5 Å². The van der Waals surface area contributed by atoms with Gasteiger partial charge in [-0.3, -0.25) is 0 Å². The molecule has 11 heavy (non-hydrogen) atoms. The molecule has 0 saturated heterocycles. The molecular weight excluding hydrogens is 138 g/mol. The molecule has 0 amide bonds. The second-order valence-corrected chi connectivity index (χ2v) is 4.22. The van der Waals surface area contributed by atoms with Gasteiger partial charge in [-0.05, 0) is 24.7 Å². The van der Waals surface area contributed by atoms with Crippen LogP contribution in [0, 0.1) is 5.41 Å². The van der Waals surface area contributed by atoms with Crippen molar-refractivity contribution in [3.8, 4) is 0 Å². The van der Waals surface area contributed by atoms with E-state index in [-0.39, 0.29) is 5.48 Å². The van der Waals surface area contributed by atoms with E-state index in [4.69, 9.17) is 0 Å². The van der Waals surface area contributed by atoms with Gasteiger partial charge in [-0.1, -0.05) is 27.2 Å². The van der Waals surface area contributed by atoms with Crippen LogP contribution in [0.5, 0.6) is 0 Å². The summed E-state index contributed by atoms with van der Waals surface area (Å²) in [5.41, 5.74) is 4.35. The highest BCUT2D eigenvalue weighted by Crippen LogP contribution is 2.21. The summed E-state index contributed by atoms with van der Waals surface area (Å²) >= 11 is 0. The van der Waals surface area contributed by atoms with Crippen molar-refractivity contribution < 1.29 is 11.2 Å². The molecule has 0 bridgehead atoms. The molecule has 0 unspecified atom stereocenters. The summed E-state index contributed by atoms with van der Waals surface area (Å²) < 4.78 is 0. The molecule has 0 radical (unpaired) electrons. The quantitative estimate of drug-likeness (QED) is 0.626. The monoisotopic (exact) mass is 161 g/mol. The van der Waals surface area contributed by atoms with Crippen LogP contribution in [0.2, 0.25) is 0 Å². The van der Waals surface area contributed by atoms with Crippen LogP contribution in [0.4, 0.5) is 0 Å². The smallest absolute Gasteiger partial charge is 0.0739 e. The maximum Gasteiger partial charge on any atom is 0.0739 e. The minimum absolute atomic E-state index is 0. The maximum absolute atomic E-state index is 3.82. The summed E-state index contributed by atoms with van der Waals surface area (Å²) in [5, 5.41) is 0. The lowest BCUT2D eigenvalue weighted by Crippen LogP contribution is -2.50. The van der Waals surface area contributed by atoms with Gasteiger partial charge >= 0.3 is 0 Å². The van der Waals surface area contributed by atoms with E-state index in [1.165, 1.54) is 25.7 Å². The predicted octanol–water partition coefficient (Wildman–Crippen LogP) is 1.66. The van der Waals surface area contributed by atoms with Gasteiger partial charge in [-0.25, -0.2) is 0 Å². The Morgan fingerprint density at radius 3 is 1.91 bits per heavy atom. The van der Waals surface area contributed by atoms with E-state index in [1.807, 2.05) is 0 Å². The average molecular weight is 161 g/mol.